The Bertz CT molecular complexity index is 480. The highest BCUT2D eigenvalue weighted by Gasteiger charge is 2.13. The molecular formula is C15H22N4O2S. The van der Waals surface area contributed by atoms with Gasteiger partial charge in [-0.2, -0.15) is 5.26 Å². The number of nitrogens with zero attached hydrogens (tertiary/aromatic N) is 3. The monoisotopic (exact) mass is 322 g/mol. The van der Waals surface area contributed by atoms with E-state index in [1.54, 1.807) is 6.26 Å². The summed E-state index contributed by atoms with van der Waals surface area (Å²) in [6.45, 7) is 6.46. The Morgan fingerprint density at radius 3 is 2.95 bits per heavy atom. The number of hydrogen-bond acceptors (Lipinski definition) is 5. The van der Waals surface area contributed by atoms with Crippen molar-refractivity contribution in [3.05, 3.63) is 24.2 Å². The van der Waals surface area contributed by atoms with Gasteiger partial charge in [0.1, 0.15) is 5.76 Å². The van der Waals surface area contributed by atoms with Gasteiger partial charge in [-0.25, -0.2) is 0 Å². The lowest BCUT2D eigenvalue weighted by Crippen LogP contribution is -2.45. The lowest BCUT2D eigenvalue weighted by molar-refractivity contribution is 0.0388. The molecule has 1 aromatic rings. The van der Waals surface area contributed by atoms with Crippen LogP contribution in [0, 0.1) is 11.3 Å². The minimum absolute atomic E-state index is 0.437. The predicted octanol–water partition coefficient (Wildman–Crippen LogP) is 1.20. The van der Waals surface area contributed by atoms with Crippen molar-refractivity contribution in [2.45, 2.75) is 13.0 Å². The molecule has 6 nitrogen and oxygen atoms in total. The van der Waals surface area contributed by atoms with E-state index in [0.29, 0.717) is 24.6 Å². The van der Waals surface area contributed by atoms with E-state index in [0.717, 1.165) is 45.2 Å². The summed E-state index contributed by atoms with van der Waals surface area (Å²) >= 11 is 5.45. The molecule has 0 bridgehead atoms. The number of hydrogen-bond donors (Lipinski definition) is 1. The molecule has 0 saturated carbocycles. The zero-order valence-corrected chi connectivity index (χ0v) is 13.5. The molecule has 1 aliphatic rings. The number of rotatable bonds is 7. The average Bonchev–Trinajstić information content (AvgIpc) is 3.05. The van der Waals surface area contributed by atoms with Gasteiger partial charge in [0, 0.05) is 32.7 Å². The largest absolute Gasteiger partial charge is 0.467 e. The van der Waals surface area contributed by atoms with Crippen LogP contribution in [0.3, 0.4) is 0 Å². The van der Waals surface area contributed by atoms with Crippen molar-refractivity contribution in [1.29, 1.82) is 5.26 Å². The molecule has 2 heterocycles. The average molecular weight is 322 g/mol. The molecular weight excluding hydrogens is 300 g/mol. The number of ether oxygens (including phenoxy) is 1. The van der Waals surface area contributed by atoms with E-state index in [1.165, 1.54) is 0 Å². The van der Waals surface area contributed by atoms with Crippen LogP contribution >= 0.6 is 12.2 Å². The molecule has 0 aliphatic carbocycles. The van der Waals surface area contributed by atoms with Crippen LogP contribution in [0.15, 0.2) is 22.8 Å². The molecule has 7 heteroatoms. The molecule has 1 aliphatic heterocycles. The van der Waals surface area contributed by atoms with Crippen LogP contribution in [-0.2, 0) is 11.3 Å². The second-order valence-electron chi connectivity index (χ2n) is 5.09. The number of furan rings is 1. The highest BCUT2D eigenvalue weighted by Crippen LogP contribution is 2.06. The normalized spacial score (nSPS) is 15.2. The van der Waals surface area contributed by atoms with Gasteiger partial charge in [0.25, 0.3) is 0 Å². The second kappa shape index (κ2) is 9.41. The van der Waals surface area contributed by atoms with Crippen molar-refractivity contribution in [2.24, 2.45) is 0 Å². The van der Waals surface area contributed by atoms with E-state index in [9.17, 15) is 0 Å². The first-order chi connectivity index (χ1) is 10.8. The van der Waals surface area contributed by atoms with Gasteiger partial charge >= 0.3 is 0 Å². The minimum atomic E-state index is 0.437. The first kappa shape index (κ1) is 16.7. The van der Waals surface area contributed by atoms with Gasteiger partial charge in [-0.1, -0.05) is 0 Å². The van der Waals surface area contributed by atoms with Crippen LogP contribution in [0.2, 0.25) is 0 Å². The highest BCUT2D eigenvalue weighted by atomic mass is 32.1. The third-order valence-corrected chi connectivity index (χ3v) is 3.92. The molecule has 1 fully saturated rings. The van der Waals surface area contributed by atoms with E-state index >= 15 is 0 Å². The van der Waals surface area contributed by atoms with E-state index in [4.69, 9.17) is 26.6 Å². The van der Waals surface area contributed by atoms with Crippen LogP contribution in [0.5, 0.6) is 0 Å². The van der Waals surface area contributed by atoms with Gasteiger partial charge in [-0.05, 0) is 24.4 Å². The third-order valence-electron chi connectivity index (χ3n) is 3.52. The molecule has 1 N–H and O–H groups in total. The maximum absolute atomic E-state index is 8.79. The highest BCUT2D eigenvalue weighted by molar-refractivity contribution is 7.80. The molecule has 1 aromatic heterocycles. The van der Waals surface area contributed by atoms with Crippen LogP contribution in [0.1, 0.15) is 12.2 Å². The summed E-state index contributed by atoms with van der Waals surface area (Å²) in [6, 6.07) is 5.92. The van der Waals surface area contributed by atoms with Crippen molar-refractivity contribution in [2.75, 3.05) is 45.9 Å². The van der Waals surface area contributed by atoms with Crippen LogP contribution < -0.4 is 5.32 Å². The zero-order valence-electron chi connectivity index (χ0n) is 12.7. The Balaban J connectivity index is 1.76. The van der Waals surface area contributed by atoms with Crippen molar-refractivity contribution in [3.8, 4) is 6.07 Å². The summed E-state index contributed by atoms with van der Waals surface area (Å²) < 4.78 is 10.7. The first-order valence-corrected chi connectivity index (χ1v) is 7.92. The van der Waals surface area contributed by atoms with Gasteiger partial charge in [0.2, 0.25) is 0 Å². The van der Waals surface area contributed by atoms with E-state index in [-0.39, 0.29) is 0 Å². The molecule has 1 saturated heterocycles. The minimum Gasteiger partial charge on any atom is -0.467 e. The Labute approximate surface area is 136 Å². The summed E-state index contributed by atoms with van der Waals surface area (Å²) in [7, 11) is 0. The van der Waals surface area contributed by atoms with Gasteiger partial charge in [0.15, 0.2) is 5.11 Å². The standard InChI is InChI=1S/C15H22N4O2S/c16-4-2-6-19(13-14-3-1-10-21-14)15(22)17-5-7-18-8-11-20-12-9-18/h1,3,10H,2,5-9,11-13H2,(H,17,22). The molecule has 0 amide bonds. The van der Waals surface area contributed by atoms with Crippen LogP contribution in [0.25, 0.3) is 0 Å². The summed E-state index contributed by atoms with van der Waals surface area (Å²) in [6.07, 6.45) is 2.08. The summed E-state index contributed by atoms with van der Waals surface area (Å²) in [4.78, 5) is 4.32. The topological polar surface area (TPSA) is 64.7 Å². The Morgan fingerprint density at radius 1 is 1.45 bits per heavy atom. The summed E-state index contributed by atoms with van der Waals surface area (Å²) in [5.41, 5.74) is 0. The van der Waals surface area contributed by atoms with Gasteiger partial charge < -0.3 is 19.4 Å². The molecule has 0 spiro atoms. The van der Waals surface area contributed by atoms with Crippen molar-refractivity contribution < 1.29 is 9.15 Å². The van der Waals surface area contributed by atoms with Crippen LogP contribution in [-0.4, -0.2) is 60.8 Å². The Kier molecular flexibility index (Phi) is 7.16. The van der Waals surface area contributed by atoms with Gasteiger partial charge in [-0.3, -0.25) is 4.90 Å². The van der Waals surface area contributed by atoms with Gasteiger partial charge in [0.05, 0.1) is 38.5 Å². The molecule has 2 rings (SSSR count). The molecule has 120 valence electrons. The Morgan fingerprint density at radius 2 is 2.27 bits per heavy atom. The maximum Gasteiger partial charge on any atom is 0.169 e. The van der Waals surface area contributed by atoms with Crippen molar-refractivity contribution >= 4 is 17.3 Å². The smallest absolute Gasteiger partial charge is 0.169 e. The molecule has 22 heavy (non-hydrogen) atoms. The Hall–Kier alpha value is -1.62. The molecule has 0 unspecified atom stereocenters. The quantitative estimate of drug-likeness (QED) is 0.757. The van der Waals surface area contributed by atoms with Crippen molar-refractivity contribution in [1.82, 2.24) is 15.1 Å². The van der Waals surface area contributed by atoms with Crippen LogP contribution in [0.4, 0.5) is 0 Å². The number of morpholine rings is 1. The lowest BCUT2D eigenvalue weighted by atomic mass is 10.3. The van der Waals surface area contributed by atoms with E-state index in [1.807, 2.05) is 17.0 Å². The second-order valence-corrected chi connectivity index (χ2v) is 5.48. The fourth-order valence-electron chi connectivity index (χ4n) is 2.29. The number of nitriles is 1. The predicted molar refractivity (Wildman–Crippen MR) is 87.2 cm³/mol. The number of thiocarbonyl (C=S) groups is 1. The van der Waals surface area contributed by atoms with Crippen molar-refractivity contribution in [3.63, 3.8) is 0 Å². The fraction of sp³-hybridized carbons (Fsp3) is 0.600. The number of nitrogens with one attached hydrogen (secondary N) is 1. The van der Waals surface area contributed by atoms with E-state index in [2.05, 4.69) is 16.3 Å². The van der Waals surface area contributed by atoms with E-state index < -0.39 is 0 Å². The summed E-state index contributed by atoms with van der Waals surface area (Å²) in [5.74, 6) is 0.843. The SMILES string of the molecule is N#CCCN(Cc1ccco1)C(=S)NCCN1CCOCC1. The lowest BCUT2D eigenvalue weighted by Gasteiger charge is -2.28. The first-order valence-electron chi connectivity index (χ1n) is 7.52. The molecule has 0 radical (unpaired) electrons. The zero-order chi connectivity index (χ0) is 15.6. The summed E-state index contributed by atoms with van der Waals surface area (Å²) in [5, 5.41) is 12.7. The fourth-order valence-corrected chi connectivity index (χ4v) is 2.54. The molecule has 0 aromatic carbocycles. The molecule has 0 atom stereocenters. The third kappa shape index (κ3) is 5.64. The maximum atomic E-state index is 8.79. The van der Waals surface area contributed by atoms with Gasteiger partial charge in [-0.15, -0.1) is 0 Å².